The van der Waals surface area contributed by atoms with E-state index in [1.807, 2.05) is 54.6 Å². The Morgan fingerprint density at radius 3 is 2.42 bits per heavy atom. The molecule has 0 saturated carbocycles. The first-order valence-electron chi connectivity index (χ1n) is 13.7. The number of unbranched alkanes of at least 4 members (excludes halogenated alkanes) is 1. The van der Waals surface area contributed by atoms with Gasteiger partial charge in [0.15, 0.2) is 0 Å². The van der Waals surface area contributed by atoms with Crippen molar-refractivity contribution in [3.05, 3.63) is 119 Å². The molecule has 0 saturated heterocycles. The van der Waals surface area contributed by atoms with Gasteiger partial charge in [-0.3, -0.25) is 4.79 Å². The van der Waals surface area contributed by atoms with E-state index in [1.165, 1.54) is 16.2 Å². The molecule has 40 heavy (non-hydrogen) atoms. The normalized spacial score (nSPS) is 11.9. The monoisotopic (exact) mass is 534 g/mol. The van der Waals surface area contributed by atoms with Gasteiger partial charge in [0.05, 0.1) is 11.0 Å². The zero-order valence-corrected chi connectivity index (χ0v) is 22.9. The average molecular weight is 535 g/mol. The number of para-hydroxylation sites is 1. The second kappa shape index (κ2) is 12.0. The Morgan fingerprint density at radius 2 is 1.70 bits per heavy atom. The van der Waals surface area contributed by atoms with Crippen LogP contribution in [-0.2, 0) is 24.2 Å². The Labute approximate surface area is 234 Å². The number of nitrogens with zero attached hydrogens (tertiary/aromatic N) is 3. The van der Waals surface area contributed by atoms with Gasteiger partial charge in [-0.25, -0.2) is 9.78 Å². The molecular formula is C33H34N4O3. The van der Waals surface area contributed by atoms with Gasteiger partial charge in [0, 0.05) is 31.3 Å². The maximum atomic E-state index is 13.5. The summed E-state index contributed by atoms with van der Waals surface area (Å²) in [5, 5.41) is 12.7. The first-order valence-corrected chi connectivity index (χ1v) is 13.7. The number of rotatable bonds is 11. The number of carbonyl (C=O) groups is 2. The highest BCUT2D eigenvalue weighted by molar-refractivity contribution is 5.95. The van der Waals surface area contributed by atoms with E-state index in [2.05, 4.69) is 41.9 Å². The molecule has 0 aliphatic heterocycles. The molecule has 2 heterocycles. The summed E-state index contributed by atoms with van der Waals surface area (Å²) >= 11 is 0. The number of aromatic nitrogens is 3. The van der Waals surface area contributed by atoms with Crippen molar-refractivity contribution in [2.75, 3.05) is 5.32 Å². The lowest BCUT2D eigenvalue weighted by atomic mass is 10.0. The van der Waals surface area contributed by atoms with Crippen LogP contribution in [0.5, 0.6) is 0 Å². The Balaban J connectivity index is 1.37. The standard InChI is InChI=1S/C33H34N4O3/c1-3-4-15-30-35-31-23(2)10-8-13-27(31)37(30)22-25-16-18-26(19-17-25)34-32(38)29(21-24-11-6-5-7-12-24)36-20-9-14-28(36)33(39)40/h5-14,16-20,29H,3-4,15,21-22H2,1-2H3,(H,34,38)(H,39,40). The van der Waals surface area contributed by atoms with Crippen LogP contribution in [0.1, 0.15) is 58.8 Å². The third-order valence-electron chi connectivity index (χ3n) is 7.28. The SMILES string of the molecule is CCCCc1nc2c(C)cccc2n1Cc1ccc(NC(=O)C(Cc2ccccc2)n2cccc2C(=O)O)cc1. The zero-order chi connectivity index (χ0) is 28.1. The fraction of sp³-hybridized carbons (Fsp3) is 0.242. The predicted octanol–water partition coefficient (Wildman–Crippen LogP) is 6.66. The highest BCUT2D eigenvalue weighted by Crippen LogP contribution is 2.24. The number of benzene rings is 3. The molecule has 7 nitrogen and oxygen atoms in total. The smallest absolute Gasteiger partial charge is 0.352 e. The number of carboxylic acids is 1. The highest BCUT2D eigenvalue weighted by atomic mass is 16.4. The van der Waals surface area contributed by atoms with Gasteiger partial charge in [-0.05, 0) is 60.4 Å². The molecule has 3 aromatic carbocycles. The molecule has 0 radical (unpaired) electrons. The highest BCUT2D eigenvalue weighted by Gasteiger charge is 2.25. The fourth-order valence-electron chi connectivity index (χ4n) is 5.14. The Bertz CT molecular complexity index is 1620. The number of fused-ring (bicyclic) bond motifs is 1. The summed E-state index contributed by atoms with van der Waals surface area (Å²) in [5.74, 6) is -0.248. The van der Waals surface area contributed by atoms with E-state index in [-0.39, 0.29) is 11.6 Å². The number of hydrogen-bond acceptors (Lipinski definition) is 3. The molecule has 5 rings (SSSR count). The molecule has 1 amide bonds. The van der Waals surface area contributed by atoms with Crippen LogP contribution in [0.25, 0.3) is 11.0 Å². The maximum Gasteiger partial charge on any atom is 0.352 e. The van der Waals surface area contributed by atoms with Crippen molar-refractivity contribution in [2.24, 2.45) is 0 Å². The maximum absolute atomic E-state index is 13.5. The molecule has 7 heteroatoms. The van der Waals surface area contributed by atoms with Crippen molar-refractivity contribution in [1.82, 2.24) is 14.1 Å². The third-order valence-corrected chi connectivity index (χ3v) is 7.28. The predicted molar refractivity (Wildman–Crippen MR) is 158 cm³/mol. The van der Waals surface area contributed by atoms with Crippen molar-refractivity contribution >= 4 is 28.6 Å². The molecule has 0 bridgehead atoms. The van der Waals surface area contributed by atoms with Gasteiger partial charge in [0.25, 0.3) is 0 Å². The van der Waals surface area contributed by atoms with Crippen molar-refractivity contribution in [3.63, 3.8) is 0 Å². The molecule has 0 aliphatic carbocycles. The second-order valence-corrected chi connectivity index (χ2v) is 10.2. The lowest BCUT2D eigenvalue weighted by Gasteiger charge is -2.20. The quantitative estimate of drug-likeness (QED) is 0.198. The Morgan fingerprint density at radius 1 is 0.925 bits per heavy atom. The summed E-state index contributed by atoms with van der Waals surface area (Å²) in [6.45, 7) is 4.97. The van der Waals surface area contributed by atoms with Gasteiger partial charge in [0.2, 0.25) is 5.91 Å². The number of imidazole rings is 1. The molecule has 5 aromatic rings. The largest absolute Gasteiger partial charge is 0.477 e. The van der Waals surface area contributed by atoms with E-state index < -0.39 is 12.0 Å². The van der Waals surface area contributed by atoms with Crippen molar-refractivity contribution in [3.8, 4) is 0 Å². The number of aromatic carboxylic acids is 1. The summed E-state index contributed by atoms with van der Waals surface area (Å²) in [6, 6.07) is 26.2. The number of nitrogens with one attached hydrogen (secondary N) is 1. The summed E-state index contributed by atoms with van der Waals surface area (Å²) < 4.78 is 3.82. The van der Waals surface area contributed by atoms with Gasteiger partial charge in [-0.2, -0.15) is 0 Å². The zero-order valence-electron chi connectivity index (χ0n) is 22.9. The van der Waals surface area contributed by atoms with E-state index in [9.17, 15) is 14.7 Å². The summed E-state index contributed by atoms with van der Waals surface area (Å²) in [5.41, 5.74) is 6.15. The van der Waals surface area contributed by atoms with Crippen molar-refractivity contribution in [1.29, 1.82) is 0 Å². The molecule has 0 fully saturated rings. The molecule has 1 atom stereocenters. The van der Waals surface area contributed by atoms with Crippen LogP contribution >= 0.6 is 0 Å². The van der Waals surface area contributed by atoms with Crippen molar-refractivity contribution in [2.45, 2.75) is 52.1 Å². The first-order chi connectivity index (χ1) is 19.4. The Kier molecular flexibility index (Phi) is 8.10. The van der Waals surface area contributed by atoms with Gasteiger partial charge in [-0.15, -0.1) is 0 Å². The van der Waals surface area contributed by atoms with Gasteiger partial charge in [0.1, 0.15) is 17.6 Å². The fourth-order valence-corrected chi connectivity index (χ4v) is 5.14. The summed E-state index contributed by atoms with van der Waals surface area (Å²) in [4.78, 5) is 30.3. The molecule has 0 aliphatic rings. The van der Waals surface area contributed by atoms with Crippen LogP contribution in [0, 0.1) is 6.92 Å². The van der Waals surface area contributed by atoms with E-state index in [0.717, 1.165) is 47.2 Å². The van der Waals surface area contributed by atoms with Crippen LogP contribution in [-0.4, -0.2) is 31.1 Å². The Hall–Kier alpha value is -4.65. The lowest BCUT2D eigenvalue weighted by Crippen LogP contribution is -2.29. The first kappa shape index (κ1) is 26.9. The second-order valence-electron chi connectivity index (χ2n) is 10.2. The summed E-state index contributed by atoms with van der Waals surface area (Å²) in [7, 11) is 0. The topological polar surface area (TPSA) is 89.2 Å². The van der Waals surface area contributed by atoms with Crippen LogP contribution in [0.4, 0.5) is 5.69 Å². The van der Waals surface area contributed by atoms with Gasteiger partial charge < -0.3 is 19.6 Å². The molecule has 204 valence electrons. The number of aryl methyl sites for hydroxylation is 2. The molecule has 0 spiro atoms. The van der Waals surface area contributed by atoms with E-state index >= 15 is 0 Å². The van der Waals surface area contributed by atoms with Crippen LogP contribution in [0.3, 0.4) is 0 Å². The van der Waals surface area contributed by atoms with Gasteiger partial charge >= 0.3 is 5.97 Å². The van der Waals surface area contributed by atoms with E-state index in [1.54, 1.807) is 12.3 Å². The number of anilines is 1. The van der Waals surface area contributed by atoms with E-state index in [4.69, 9.17) is 4.98 Å². The number of carbonyl (C=O) groups excluding carboxylic acids is 1. The third kappa shape index (κ3) is 5.83. The van der Waals surface area contributed by atoms with Gasteiger partial charge in [-0.1, -0.05) is 67.9 Å². The summed E-state index contributed by atoms with van der Waals surface area (Å²) in [6.07, 6.45) is 5.14. The molecule has 2 N–H and O–H groups in total. The number of hydrogen-bond donors (Lipinski definition) is 2. The van der Waals surface area contributed by atoms with Crippen LogP contribution in [0.15, 0.2) is 91.1 Å². The minimum absolute atomic E-state index is 0.0769. The minimum Gasteiger partial charge on any atom is -0.477 e. The molecule has 1 unspecified atom stereocenters. The molecule has 2 aromatic heterocycles. The van der Waals surface area contributed by atoms with E-state index in [0.29, 0.717) is 18.7 Å². The minimum atomic E-state index is -1.07. The van der Waals surface area contributed by atoms with Crippen LogP contribution < -0.4 is 5.32 Å². The molecular weight excluding hydrogens is 500 g/mol. The number of carboxylic acid groups (broad SMARTS) is 1. The van der Waals surface area contributed by atoms with Crippen molar-refractivity contribution < 1.29 is 14.7 Å². The van der Waals surface area contributed by atoms with Crippen LogP contribution in [0.2, 0.25) is 0 Å². The average Bonchev–Trinajstić information content (AvgIpc) is 3.58. The number of amides is 1. The lowest BCUT2D eigenvalue weighted by molar-refractivity contribution is -0.119.